The van der Waals surface area contributed by atoms with Gasteiger partial charge in [0.2, 0.25) is 0 Å². The molecule has 0 aromatic heterocycles. The number of hydrogen-bond donors (Lipinski definition) is 0. The van der Waals surface area contributed by atoms with Crippen molar-refractivity contribution in [3.8, 4) is 11.5 Å². The van der Waals surface area contributed by atoms with Gasteiger partial charge in [0.25, 0.3) is 11.8 Å². The first-order chi connectivity index (χ1) is 16.7. The van der Waals surface area contributed by atoms with E-state index in [1.165, 1.54) is 0 Å². The van der Waals surface area contributed by atoms with Crippen molar-refractivity contribution in [3.63, 3.8) is 0 Å². The SMILES string of the molecule is COc1cc2c(cc1OCc1ccccc1)N(COCC[Si](C)(C)C)C(=O)[C@@H]1CC(C)=CN1C2=O. The number of carbonyl (C=O) groups is 2. The first kappa shape index (κ1) is 25.0. The first-order valence-corrected chi connectivity index (χ1v) is 15.7. The Morgan fingerprint density at radius 1 is 1.06 bits per heavy atom. The number of nitrogens with zero attached hydrogens (tertiary/aromatic N) is 2. The number of benzene rings is 2. The number of rotatable bonds is 9. The fourth-order valence-electron chi connectivity index (χ4n) is 4.25. The fraction of sp³-hybridized carbons (Fsp3) is 0.407. The van der Waals surface area contributed by atoms with E-state index < -0.39 is 14.1 Å². The van der Waals surface area contributed by atoms with Gasteiger partial charge >= 0.3 is 0 Å². The van der Waals surface area contributed by atoms with E-state index in [-0.39, 0.29) is 18.5 Å². The maximum atomic E-state index is 13.7. The fourth-order valence-corrected chi connectivity index (χ4v) is 5.00. The number of amides is 2. The van der Waals surface area contributed by atoms with E-state index in [2.05, 4.69) is 19.6 Å². The second-order valence-electron chi connectivity index (χ2n) is 10.3. The van der Waals surface area contributed by atoms with Crippen molar-refractivity contribution >= 4 is 25.6 Å². The Morgan fingerprint density at radius 2 is 1.80 bits per heavy atom. The molecule has 2 heterocycles. The van der Waals surface area contributed by atoms with Gasteiger partial charge in [-0.3, -0.25) is 14.5 Å². The summed E-state index contributed by atoms with van der Waals surface area (Å²) in [6, 6.07) is 13.6. The molecule has 0 aliphatic carbocycles. The molecule has 2 aliphatic rings. The molecule has 0 fully saturated rings. The smallest absolute Gasteiger partial charge is 0.260 e. The van der Waals surface area contributed by atoms with Gasteiger partial charge in [-0.25, -0.2) is 0 Å². The highest BCUT2D eigenvalue weighted by atomic mass is 28.3. The van der Waals surface area contributed by atoms with Gasteiger partial charge in [-0.05, 0) is 31.0 Å². The van der Waals surface area contributed by atoms with Crippen molar-refractivity contribution in [2.45, 2.75) is 51.7 Å². The van der Waals surface area contributed by atoms with Gasteiger partial charge in [-0.15, -0.1) is 0 Å². The van der Waals surface area contributed by atoms with Gasteiger partial charge in [-0.1, -0.05) is 55.5 Å². The average Bonchev–Trinajstić information content (AvgIpc) is 3.20. The molecule has 0 spiro atoms. The lowest BCUT2D eigenvalue weighted by atomic mass is 10.1. The Labute approximate surface area is 208 Å². The normalized spacial score (nSPS) is 17.6. The number of methoxy groups -OCH3 is 1. The summed E-state index contributed by atoms with van der Waals surface area (Å²) < 4.78 is 17.7. The van der Waals surface area contributed by atoms with Crippen LogP contribution < -0.4 is 14.4 Å². The molecular weight excluding hydrogens is 460 g/mol. The standard InChI is InChI=1S/C27H34N2O5Si/c1-19-13-23-27(31)29(18-33-11-12-35(3,4)5)22-15-25(34-17-20-9-7-6-8-10-20)24(32-2)14-21(22)26(30)28(23)16-19/h6-10,14-16,23H,11-13,17-18H2,1-5H3/t23-/m0/s1. The van der Waals surface area contributed by atoms with E-state index >= 15 is 0 Å². The largest absolute Gasteiger partial charge is 0.493 e. The summed E-state index contributed by atoms with van der Waals surface area (Å²) in [5, 5.41) is 0. The van der Waals surface area contributed by atoms with Crippen LogP contribution in [0.25, 0.3) is 0 Å². The number of carbonyl (C=O) groups excluding carboxylic acids is 2. The molecule has 0 saturated heterocycles. The second-order valence-corrected chi connectivity index (χ2v) is 15.9. The van der Waals surface area contributed by atoms with Crippen molar-refractivity contribution in [2.24, 2.45) is 0 Å². The highest BCUT2D eigenvalue weighted by molar-refractivity contribution is 6.76. The van der Waals surface area contributed by atoms with Crippen LogP contribution in [0, 0.1) is 0 Å². The van der Waals surface area contributed by atoms with Gasteiger partial charge in [0.1, 0.15) is 19.4 Å². The van der Waals surface area contributed by atoms with Crippen LogP contribution in [0.4, 0.5) is 5.69 Å². The Hall–Kier alpha value is -3.10. The number of hydrogen-bond acceptors (Lipinski definition) is 5. The molecule has 2 amide bonds. The summed E-state index contributed by atoms with van der Waals surface area (Å²) in [5.74, 6) is 0.528. The summed E-state index contributed by atoms with van der Waals surface area (Å²) in [7, 11) is 0.261. The molecule has 0 N–H and O–H groups in total. The third-order valence-corrected chi connectivity index (χ3v) is 7.96. The Morgan fingerprint density at radius 3 is 2.49 bits per heavy atom. The topological polar surface area (TPSA) is 68.3 Å². The van der Waals surface area contributed by atoms with Crippen molar-refractivity contribution in [1.82, 2.24) is 4.90 Å². The third kappa shape index (κ3) is 5.60. The highest BCUT2D eigenvalue weighted by Crippen LogP contribution is 2.40. The number of anilines is 1. The summed E-state index contributed by atoms with van der Waals surface area (Å²) in [6.07, 6.45) is 2.29. The summed E-state index contributed by atoms with van der Waals surface area (Å²) in [6.45, 7) is 9.78. The van der Waals surface area contributed by atoms with Gasteiger partial charge in [0.15, 0.2) is 11.5 Å². The molecule has 0 unspecified atom stereocenters. The molecular formula is C27H34N2O5Si. The van der Waals surface area contributed by atoms with Gasteiger partial charge < -0.3 is 19.1 Å². The van der Waals surface area contributed by atoms with Gasteiger partial charge in [-0.2, -0.15) is 0 Å². The molecule has 0 saturated carbocycles. The van der Waals surface area contributed by atoms with Crippen molar-refractivity contribution in [1.29, 1.82) is 0 Å². The lowest BCUT2D eigenvalue weighted by molar-refractivity contribution is -0.123. The van der Waals surface area contributed by atoms with Crippen LogP contribution in [0.3, 0.4) is 0 Å². The van der Waals surface area contributed by atoms with E-state index in [9.17, 15) is 9.59 Å². The Bertz CT molecular complexity index is 1130. The molecule has 0 bridgehead atoms. The zero-order valence-electron chi connectivity index (χ0n) is 21.2. The molecule has 7 nitrogen and oxygen atoms in total. The molecule has 8 heteroatoms. The zero-order valence-corrected chi connectivity index (χ0v) is 22.2. The van der Waals surface area contributed by atoms with E-state index in [0.29, 0.717) is 42.4 Å². The maximum absolute atomic E-state index is 13.7. The minimum atomic E-state index is -1.28. The zero-order chi connectivity index (χ0) is 25.2. The van der Waals surface area contributed by atoms with Crippen LogP contribution >= 0.6 is 0 Å². The highest BCUT2D eigenvalue weighted by Gasteiger charge is 2.42. The monoisotopic (exact) mass is 494 g/mol. The minimum Gasteiger partial charge on any atom is -0.493 e. The summed E-state index contributed by atoms with van der Waals surface area (Å²) in [4.78, 5) is 30.3. The second kappa shape index (κ2) is 10.3. The van der Waals surface area contributed by atoms with Crippen LogP contribution in [0.5, 0.6) is 11.5 Å². The third-order valence-electron chi connectivity index (χ3n) is 6.25. The van der Waals surface area contributed by atoms with Crippen molar-refractivity contribution < 1.29 is 23.8 Å². The number of fused-ring (bicyclic) bond motifs is 2. The molecule has 2 aliphatic heterocycles. The molecule has 1 atom stereocenters. The predicted molar refractivity (Wildman–Crippen MR) is 139 cm³/mol. The van der Waals surface area contributed by atoms with Gasteiger partial charge in [0, 0.05) is 26.9 Å². The molecule has 2 aromatic carbocycles. The van der Waals surface area contributed by atoms with Gasteiger partial charge in [0.05, 0.1) is 18.4 Å². The molecule has 4 rings (SSSR count). The van der Waals surface area contributed by atoms with Crippen LogP contribution in [0.2, 0.25) is 25.7 Å². The molecule has 0 radical (unpaired) electrons. The lowest BCUT2D eigenvalue weighted by Crippen LogP contribution is -2.45. The summed E-state index contributed by atoms with van der Waals surface area (Å²) in [5.41, 5.74) is 2.88. The van der Waals surface area contributed by atoms with Crippen LogP contribution in [-0.4, -0.2) is 51.3 Å². The quantitative estimate of drug-likeness (QED) is 0.360. The minimum absolute atomic E-state index is 0.0808. The lowest BCUT2D eigenvalue weighted by Gasteiger charge is -2.26. The number of ether oxygens (including phenoxy) is 3. The Balaban J connectivity index is 1.69. The van der Waals surface area contributed by atoms with Crippen LogP contribution in [0.15, 0.2) is 54.2 Å². The maximum Gasteiger partial charge on any atom is 0.260 e. The van der Waals surface area contributed by atoms with E-state index in [1.807, 2.05) is 37.3 Å². The molecule has 2 aromatic rings. The van der Waals surface area contributed by atoms with Crippen LogP contribution in [0.1, 0.15) is 29.3 Å². The molecule has 35 heavy (non-hydrogen) atoms. The predicted octanol–water partition coefficient (Wildman–Crippen LogP) is 5.05. The van der Waals surface area contributed by atoms with Crippen molar-refractivity contribution in [3.05, 3.63) is 65.4 Å². The van der Waals surface area contributed by atoms with E-state index in [0.717, 1.165) is 17.2 Å². The Kier molecular flexibility index (Phi) is 7.33. The molecule has 186 valence electrons. The summed E-state index contributed by atoms with van der Waals surface area (Å²) >= 11 is 0. The average molecular weight is 495 g/mol. The van der Waals surface area contributed by atoms with E-state index in [4.69, 9.17) is 14.2 Å². The van der Waals surface area contributed by atoms with E-state index in [1.54, 1.807) is 35.2 Å². The first-order valence-electron chi connectivity index (χ1n) is 12.0. The van der Waals surface area contributed by atoms with Crippen LogP contribution in [-0.2, 0) is 16.1 Å². The van der Waals surface area contributed by atoms with Crippen molar-refractivity contribution in [2.75, 3.05) is 25.3 Å².